The van der Waals surface area contributed by atoms with Crippen molar-refractivity contribution in [3.8, 4) is 22.8 Å². The highest BCUT2D eigenvalue weighted by Crippen LogP contribution is 2.52. The Bertz CT molecular complexity index is 2550. The number of fused-ring (bicyclic) bond motifs is 9. The number of anilines is 3. The van der Waals surface area contributed by atoms with E-state index in [1.165, 1.54) is 26.9 Å². The van der Waals surface area contributed by atoms with Crippen LogP contribution < -0.4 is 9.64 Å². The fourth-order valence-electron chi connectivity index (χ4n) is 6.93. The maximum atomic E-state index is 6.62. The van der Waals surface area contributed by atoms with Crippen molar-refractivity contribution in [2.75, 3.05) is 4.90 Å². The summed E-state index contributed by atoms with van der Waals surface area (Å²) < 4.78 is 8.85. The Balaban J connectivity index is 1.34. The first-order chi connectivity index (χ1) is 21.3. The molecule has 4 heterocycles. The standard InChI is InChI=1S/C37H21N5O/c1-2-9-23(10-3-1)41-28-15-6-7-16-31(28)43-32-19-22(17-18-29(32)41)35-34-26-12-5-4-11-24(26)25-13-8-14-27(33(25)34)37-40-36-30(42(35)37)20-38-21-39-36/h1-21H. The Morgan fingerprint density at radius 3 is 2.28 bits per heavy atom. The van der Waals surface area contributed by atoms with Crippen LogP contribution in [0, 0.1) is 0 Å². The van der Waals surface area contributed by atoms with Crippen LogP contribution in [0.4, 0.5) is 17.1 Å². The fraction of sp³-hybridized carbons (Fsp3) is 0. The van der Waals surface area contributed by atoms with Crippen LogP contribution in [0.2, 0.25) is 0 Å². The van der Waals surface area contributed by atoms with Gasteiger partial charge in [-0.05, 0) is 52.6 Å². The number of benzene rings is 5. The van der Waals surface area contributed by atoms with Gasteiger partial charge in [-0.1, -0.05) is 78.9 Å². The van der Waals surface area contributed by atoms with Crippen molar-refractivity contribution >= 4 is 66.2 Å². The minimum absolute atomic E-state index is 0.673. The van der Waals surface area contributed by atoms with Gasteiger partial charge in [0.15, 0.2) is 17.1 Å². The van der Waals surface area contributed by atoms with Crippen LogP contribution in [-0.4, -0.2) is 19.4 Å². The van der Waals surface area contributed by atoms with E-state index in [1.807, 2.05) is 30.5 Å². The third-order valence-corrected chi connectivity index (χ3v) is 8.65. The second-order valence-corrected chi connectivity index (χ2v) is 10.9. The normalized spacial score (nSPS) is 12.8. The number of imidazole rings is 1. The SMILES string of the molecule is c1ccc(N2c3ccccc3Oc3cc(-c4c5c6ccccc6c6cccc(c65)c5nc6ncncc6n45)ccc32)cc1. The topological polar surface area (TPSA) is 55.5 Å². The molecule has 0 N–H and O–H groups in total. The Kier molecular flexibility index (Phi) is 4.36. The first-order valence-corrected chi connectivity index (χ1v) is 14.3. The number of pyridine rings is 1. The van der Waals surface area contributed by atoms with Crippen molar-refractivity contribution in [3.63, 3.8) is 0 Å². The van der Waals surface area contributed by atoms with Crippen LogP contribution in [0.25, 0.3) is 60.4 Å². The molecule has 9 aromatic rings. The highest BCUT2D eigenvalue weighted by molar-refractivity contribution is 6.35. The molecular weight excluding hydrogens is 530 g/mol. The van der Waals surface area contributed by atoms with E-state index in [1.54, 1.807) is 6.33 Å². The quantitative estimate of drug-likeness (QED) is 0.214. The van der Waals surface area contributed by atoms with Crippen LogP contribution in [-0.2, 0) is 0 Å². The van der Waals surface area contributed by atoms with Gasteiger partial charge in [-0.25, -0.2) is 15.0 Å². The van der Waals surface area contributed by atoms with Crippen molar-refractivity contribution in [1.82, 2.24) is 19.4 Å². The molecule has 6 aromatic carbocycles. The number of ether oxygens (including phenoxy) is 1. The van der Waals surface area contributed by atoms with E-state index < -0.39 is 0 Å². The first kappa shape index (κ1) is 22.7. The molecule has 0 spiro atoms. The number of hydrogen-bond donors (Lipinski definition) is 0. The molecule has 1 aliphatic heterocycles. The predicted octanol–water partition coefficient (Wildman–Crippen LogP) is 9.42. The average molecular weight is 552 g/mol. The summed E-state index contributed by atoms with van der Waals surface area (Å²) >= 11 is 0. The summed E-state index contributed by atoms with van der Waals surface area (Å²) in [4.78, 5) is 16.2. The summed E-state index contributed by atoms with van der Waals surface area (Å²) in [7, 11) is 0. The molecule has 0 unspecified atom stereocenters. The van der Waals surface area contributed by atoms with Gasteiger partial charge in [0, 0.05) is 27.4 Å². The lowest BCUT2D eigenvalue weighted by molar-refractivity contribution is 0.477. The summed E-state index contributed by atoms with van der Waals surface area (Å²) in [5, 5.41) is 7.17. The number of para-hydroxylation sites is 3. The zero-order valence-corrected chi connectivity index (χ0v) is 22.8. The summed E-state index contributed by atoms with van der Waals surface area (Å²) in [5.41, 5.74) is 7.57. The lowest BCUT2D eigenvalue weighted by Gasteiger charge is -2.33. The maximum absolute atomic E-state index is 6.62. The van der Waals surface area contributed by atoms with Gasteiger partial charge in [-0.3, -0.25) is 4.40 Å². The minimum atomic E-state index is 0.673. The highest BCUT2D eigenvalue weighted by Gasteiger charge is 2.28. The van der Waals surface area contributed by atoms with Crippen molar-refractivity contribution in [2.24, 2.45) is 0 Å². The van der Waals surface area contributed by atoms with Crippen molar-refractivity contribution < 1.29 is 4.74 Å². The second kappa shape index (κ2) is 8.27. The second-order valence-electron chi connectivity index (χ2n) is 10.9. The van der Waals surface area contributed by atoms with Crippen LogP contribution in [0.3, 0.4) is 0 Å². The van der Waals surface area contributed by atoms with E-state index in [-0.39, 0.29) is 0 Å². The molecule has 0 bridgehead atoms. The molecule has 0 fully saturated rings. The van der Waals surface area contributed by atoms with Gasteiger partial charge in [-0.15, -0.1) is 0 Å². The molecule has 10 rings (SSSR count). The Morgan fingerprint density at radius 2 is 1.35 bits per heavy atom. The van der Waals surface area contributed by atoms with Crippen molar-refractivity contribution in [1.29, 1.82) is 0 Å². The molecule has 0 saturated carbocycles. The molecule has 0 atom stereocenters. The number of nitrogens with zero attached hydrogens (tertiary/aromatic N) is 5. The summed E-state index contributed by atoms with van der Waals surface area (Å²) in [6, 6.07) is 40.3. The predicted molar refractivity (Wildman–Crippen MR) is 172 cm³/mol. The van der Waals surface area contributed by atoms with Crippen LogP contribution >= 0.6 is 0 Å². The van der Waals surface area contributed by atoms with Gasteiger partial charge in [0.05, 0.1) is 23.3 Å². The van der Waals surface area contributed by atoms with E-state index in [2.05, 4.69) is 110 Å². The summed E-state index contributed by atoms with van der Waals surface area (Å²) in [5.74, 6) is 1.61. The zero-order chi connectivity index (χ0) is 28.1. The first-order valence-electron chi connectivity index (χ1n) is 14.3. The van der Waals surface area contributed by atoms with E-state index in [0.29, 0.717) is 5.65 Å². The molecular formula is C37H21N5O. The van der Waals surface area contributed by atoms with E-state index >= 15 is 0 Å². The molecule has 6 nitrogen and oxygen atoms in total. The van der Waals surface area contributed by atoms with Gasteiger partial charge in [-0.2, -0.15) is 0 Å². The number of rotatable bonds is 2. The Labute approximate surface area is 245 Å². The van der Waals surface area contributed by atoms with Gasteiger partial charge in [0.25, 0.3) is 0 Å². The molecule has 43 heavy (non-hydrogen) atoms. The summed E-state index contributed by atoms with van der Waals surface area (Å²) in [6.45, 7) is 0. The van der Waals surface area contributed by atoms with Crippen LogP contribution in [0.5, 0.6) is 11.5 Å². The fourth-order valence-corrected chi connectivity index (χ4v) is 6.93. The van der Waals surface area contributed by atoms with Gasteiger partial charge in [0.2, 0.25) is 0 Å². The molecule has 0 radical (unpaired) electrons. The minimum Gasteiger partial charge on any atom is -0.453 e. The lowest BCUT2D eigenvalue weighted by atomic mass is 10.00. The maximum Gasteiger partial charge on any atom is 0.181 e. The highest BCUT2D eigenvalue weighted by atomic mass is 16.5. The van der Waals surface area contributed by atoms with Crippen molar-refractivity contribution in [3.05, 3.63) is 128 Å². The molecule has 200 valence electrons. The number of aromatic nitrogens is 4. The third-order valence-electron chi connectivity index (χ3n) is 8.65. The summed E-state index contributed by atoms with van der Waals surface area (Å²) in [6.07, 6.45) is 3.42. The molecule has 0 amide bonds. The number of hydrogen-bond acceptors (Lipinski definition) is 5. The molecule has 0 saturated heterocycles. The molecule has 0 aliphatic carbocycles. The largest absolute Gasteiger partial charge is 0.453 e. The van der Waals surface area contributed by atoms with E-state index in [4.69, 9.17) is 9.72 Å². The van der Waals surface area contributed by atoms with Gasteiger partial charge < -0.3 is 9.64 Å². The van der Waals surface area contributed by atoms with Gasteiger partial charge >= 0.3 is 0 Å². The third kappa shape index (κ3) is 2.99. The zero-order valence-electron chi connectivity index (χ0n) is 22.8. The average Bonchev–Trinajstić information content (AvgIpc) is 3.62. The Morgan fingerprint density at radius 1 is 0.605 bits per heavy atom. The van der Waals surface area contributed by atoms with Crippen LogP contribution in [0.1, 0.15) is 0 Å². The molecule has 1 aliphatic rings. The molecule has 3 aromatic heterocycles. The van der Waals surface area contributed by atoms with Crippen molar-refractivity contribution in [2.45, 2.75) is 0 Å². The Hall–Kier alpha value is -6.01. The lowest BCUT2D eigenvalue weighted by Crippen LogP contribution is -2.15. The smallest absolute Gasteiger partial charge is 0.181 e. The van der Waals surface area contributed by atoms with Gasteiger partial charge in [0.1, 0.15) is 17.5 Å². The molecule has 6 heteroatoms. The monoisotopic (exact) mass is 551 g/mol. The van der Waals surface area contributed by atoms with E-state index in [9.17, 15) is 0 Å². The van der Waals surface area contributed by atoms with Crippen LogP contribution in [0.15, 0.2) is 128 Å². The van der Waals surface area contributed by atoms with E-state index in [0.717, 1.165) is 56.4 Å².